The Bertz CT molecular complexity index is 1180. The number of hydrogen-bond acceptors (Lipinski definition) is 3. The predicted molar refractivity (Wildman–Crippen MR) is 114 cm³/mol. The van der Waals surface area contributed by atoms with E-state index in [1.54, 1.807) is 36.4 Å². The van der Waals surface area contributed by atoms with Crippen LogP contribution in [0.3, 0.4) is 0 Å². The number of amides is 2. The normalized spacial score (nSPS) is 15.3. The smallest absolute Gasteiger partial charge is 0.282 e. The van der Waals surface area contributed by atoms with Crippen molar-refractivity contribution in [3.8, 4) is 11.3 Å². The minimum Gasteiger partial charge on any atom is -0.457 e. The summed E-state index contributed by atoms with van der Waals surface area (Å²) in [5.74, 6) is 0.00486. The van der Waals surface area contributed by atoms with Gasteiger partial charge in [-0.2, -0.15) is 0 Å². The molecule has 7 heteroatoms. The van der Waals surface area contributed by atoms with Gasteiger partial charge in [-0.1, -0.05) is 29.3 Å². The monoisotopic (exact) mass is 426 g/mol. The second-order valence-corrected chi connectivity index (χ2v) is 7.55. The van der Waals surface area contributed by atoms with Crippen LogP contribution >= 0.6 is 23.2 Å². The van der Waals surface area contributed by atoms with E-state index in [9.17, 15) is 9.59 Å². The molecule has 146 valence electrons. The Morgan fingerprint density at radius 2 is 1.72 bits per heavy atom. The molecule has 1 saturated heterocycles. The summed E-state index contributed by atoms with van der Waals surface area (Å²) in [6, 6.07) is 14.1. The summed E-state index contributed by atoms with van der Waals surface area (Å²) in [4.78, 5) is 25.1. The molecule has 2 heterocycles. The lowest BCUT2D eigenvalue weighted by molar-refractivity contribution is -0.117. The van der Waals surface area contributed by atoms with Crippen molar-refractivity contribution in [1.82, 2.24) is 5.43 Å². The summed E-state index contributed by atoms with van der Waals surface area (Å²) in [5, 5.41) is 2.10. The quantitative estimate of drug-likeness (QED) is 0.454. The molecule has 0 radical (unpaired) electrons. The number of halogens is 2. The third-order valence-corrected chi connectivity index (χ3v) is 5.50. The highest BCUT2D eigenvalue weighted by Crippen LogP contribution is 2.30. The lowest BCUT2D eigenvalue weighted by Crippen LogP contribution is -2.35. The van der Waals surface area contributed by atoms with Crippen molar-refractivity contribution in [2.75, 3.05) is 5.01 Å². The molecule has 3 aromatic rings. The number of carbonyl (C=O) groups excluding carboxylic acids is 2. The fourth-order valence-corrected chi connectivity index (χ4v) is 3.28. The highest BCUT2D eigenvalue weighted by Gasteiger charge is 2.34. The number of benzene rings is 2. The first kappa shape index (κ1) is 19.3. The predicted octanol–water partition coefficient (Wildman–Crippen LogP) is 5.33. The zero-order valence-electron chi connectivity index (χ0n) is 15.6. The van der Waals surface area contributed by atoms with Crippen LogP contribution in [-0.2, 0) is 9.59 Å². The minimum atomic E-state index is -0.485. The molecule has 0 atom stereocenters. The molecule has 1 N–H and O–H groups in total. The van der Waals surface area contributed by atoms with Crippen LogP contribution in [-0.4, -0.2) is 11.8 Å². The fraction of sp³-hybridized carbons (Fsp3) is 0.0909. The number of hydrogen-bond donors (Lipinski definition) is 1. The van der Waals surface area contributed by atoms with Crippen molar-refractivity contribution in [3.05, 3.63) is 81.0 Å². The molecule has 0 saturated carbocycles. The maximum Gasteiger partial charge on any atom is 0.282 e. The zero-order valence-corrected chi connectivity index (χ0v) is 17.1. The van der Waals surface area contributed by atoms with E-state index in [2.05, 4.69) is 5.43 Å². The molecule has 1 aromatic heterocycles. The van der Waals surface area contributed by atoms with Crippen LogP contribution in [0.4, 0.5) is 5.69 Å². The van der Waals surface area contributed by atoms with Gasteiger partial charge in [-0.15, -0.1) is 0 Å². The van der Waals surface area contributed by atoms with Gasteiger partial charge in [0.15, 0.2) is 0 Å². The van der Waals surface area contributed by atoms with Crippen LogP contribution < -0.4 is 10.4 Å². The molecule has 0 aliphatic carbocycles. The van der Waals surface area contributed by atoms with E-state index in [0.29, 0.717) is 27.3 Å². The molecule has 0 bridgehead atoms. The molecule has 2 aromatic carbocycles. The largest absolute Gasteiger partial charge is 0.457 e. The summed E-state index contributed by atoms with van der Waals surface area (Å²) in [6.45, 7) is 3.93. The fourth-order valence-electron chi connectivity index (χ4n) is 2.98. The Morgan fingerprint density at radius 3 is 2.45 bits per heavy atom. The first-order valence-corrected chi connectivity index (χ1v) is 9.59. The zero-order chi connectivity index (χ0) is 20.7. The average molecular weight is 427 g/mol. The van der Waals surface area contributed by atoms with Crippen LogP contribution in [0.1, 0.15) is 16.9 Å². The van der Waals surface area contributed by atoms with E-state index < -0.39 is 11.8 Å². The van der Waals surface area contributed by atoms with E-state index in [4.69, 9.17) is 27.6 Å². The molecule has 5 nitrogen and oxygen atoms in total. The van der Waals surface area contributed by atoms with Gasteiger partial charge in [0.05, 0.1) is 15.7 Å². The van der Waals surface area contributed by atoms with Crippen LogP contribution in [0, 0.1) is 13.8 Å². The molecule has 1 aliphatic heterocycles. The lowest BCUT2D eigenvalue weighted by Gasteiger charge is -2.15. The molecular formula is C22H16Cl2N2O3. The number of aryl methyl sites for hydroxylation is 2. The Kier molecular flexibility index (Phi) is 4.94. The van der Waals surface area contributed by atoms with Crippen LogP contribution in [0.15, 0.2) is 58.5 Å². The first-order chi connectivity index (χ1) is 13.8. The summed E-state index contributed by atoms with van der Waals surface area (Å²) in [6.07, 6.45) is 1.43. The molecular weight excluding hydrogens is 411 g/mol. The number of carbonyl (C=O) groups is 2. The van der Waals surface area contributed by atoms with E-state index in [1.807, 2.05) is 26.0 Å². The molecule has 1 fully saturated rings. The second-order valence-electron chi connectivity index (χ2n) is 6.74. The van der Waals surface area contributed by atoms with Crippen molar-refractivity contribution in [1.29, 1.82) is 0 Å². The van der Waals surface area contributed by atoms with Crippen LogP contribution in [0.25, 0.3) is 17.4 Å². The van der Waals surface area contributed by atoms with Crippen LogP contribution in [0.5, 0.6) is 0 Å². The van der Waals surface area contributed by atoms with Gasteiger partial charge in [-0.25, -0.2) is 5.01 Å². The second kappa shape index (κ2) is 7.43. The maximum absolute atomic E-state index is 12.8. The number of nitrogens with one attached hydrogen (secondary N) is 1. The van der Waals surface area contributed by atoms with Crippen molar-refractivity contribution in [3.63, 3.8) is 0 Å². The molecule has 29 heavy (non-hydrogen) atoms. The van der Waals surface area contributed by atoms with Gasteiger partial charge in [-0.3, -0.25) is 15.0 Å². The van der Waals surface area contributed by atoms with E-state index >= 15 is 0 Å². The van der Waals surface area contributed by atoms with Gasteiger partial charge in [-0.05, 0) is 73.5 Å². The van der Waals surface area contributed by atoms with Crippen molar-refractivity contribution in [2.45, 2.75) is 13.8 Å². The highest BCUT2D eigenvalue weighted by atomic mass is 35.5. The summed E-state index contributed by atoms with van der Waals surface area (Å²) < 4.78 is 5.77. The molecule has 1 aliphatic rings. The molecule has 0 unspecified atom stereocenters. The van der Waals surface area contributed by atoms with E-state index in [0.717, 1.165) is 16.7 Å². The SMILES string of the molecule is Cc1ccc(N2NC(=O)/C(=C\c3ccc(-c4ccc(Cl)c(Cl)c4)o3)C2=O)cc1C. The number of furan rings is 1. The van der Waals surface area contributed by atoms with Gasteiger partial charge in [0, 0.05) is 5.56 Å². The van der Waals surface area contributed by atoms with E-state index in [-0.39, 0.29) is 5.57 Å². The lowest BCUT2D eigenvalue weighted by atomic mass is 10.1. The van der Waals surface area contributed by atoms with Gasteiger partial charge >= 0.3 is 0 Å². The Labute approximate surface area is 177 Å². The third kappa shape index (κ3) is 3.67. The Morgan fingerprint density at radius 1 is 0.931 bits per heavy atom. The number of hydrazine groups is 1. The highest BCUT2D eigenvalue weighted by molar-refractivity contribution is 6.42. The van der Waals surface area contributed by atoms with Crippen molar-refractivity contribution in [2.24, 2.45) is 0 Å². The van der Waals surface area contributed by atoms with Gasteiger partial charge in [0.25, 0.3) is 11.8 Å². The molecule has 0 spiro atoms. The van der Waals surface area contributed by atoms with Gasteiger partial charge in [0.1, 0.15) is 17.1 Å². The Hall–Kier alpha value is -3.02. The van der Waals surface area contributed by atoms with E-state index in [1.165, 1.54) is 11.1 Å². The number of rotatable bonds is 3. The molecule has 4 rings (SSSR count). The average Bonchev–Trinajstić information content (AvgIpc) is 3.26. The van der Waals surface area contributed by atoms with Gasteiger partial charge < -0.3 is 4.42 Å². The standard InChI is InChI=1S/C22H16Cl2N2O3/c1-12-3-5-15(9-13(12)2)26-22(28)17(21(27)25-26)11-16-6-8-20(29-16)14-4-7-18(23)19(24)10-14/h3-11H,1-2H3,(H,25,27)/b17-11+. The minimum absolute atomic E-state index is 0.00161. The number of nitrogens with zero attached hydrogens (tertiary/aromatic N) is 1. The Balaban J connectivity index is 1.62. The third-order valence-electron chi connectivity index (χ3n) is 4.76. The molecule has 2 amide bonds. The summed E-state index contributed by atoms with van der Waals surface area (Å²) in [7, 11) is 0. The summed E-state index contributed by atoms with van der Waals surface area (Å²) in [5.41, 5.74) is 6.06. The van der Waals surface area contributed by atoms with Crippen molar-refractivity contribution < 1.29 is 14.0 Å². The van der Waals surface area contributed by atoms with Crippen molar-refractivity contribution >= 4 is 46.8 Å². The van der Waals surface area contributed by atoms with Crippen LogP contribution in [0.2, 0.25) is 10.0 Å². The number of anilines is 1. The summed E-state index contributed by atoms with van der Waals surface area (Å²) >= 11 is 12.0. The topological polar surface area (TPSA) is 62.6 Å². The van der Waals surface area contributed by atoms with Gasteiger partial charge in [0.2, 0.25) is 0 Å². The first-order valence-electron chi connectivity index (χ1n) is 8.83. The maximum atomic E-state index is 12.8.